The first-order valence-electron chi connectivity index (χ1n) is 9.65. The van der Waals surface area contributed by atoms with E-state index >= 15 is 0 Å². The van der Waals surface area contributed by atoms with Gasteiger partial charge in [-0.15, -0.1) is 0 Å². The summed E-state index contributed by atoms with van der Waals surface area (Å²) >= 11 is 1.62. The third-order valence-corrected chi connectivity index (χ3v) is 5.29. The van der Waals surface area contributed by atoms with Gasteiger partial charge < -0.3 is 20.9 Å². The molecule has 0 radical (unpaired) electrons. The highest BCUT2D eigenvalue weighted by atomic mass is 32.1. The molecule has 0 bridgehead atoms. The summed E-state index contributed by atoms with van der Waals surface area (Å²) in [6.07, 6.45) is 1.30. The third kappa shape index (κ3) is 7.47. The average Bonchev–Trinajstić information content (AvgIpc) is 3.21. The number of nitrogens with zero attached hydrogens (tertiary/aromatic N) is 1. The first-order chi connectivity index (χ1) is 13.9. The molecule has 3 N–H and O–H groups in total. The lowest BCUT2D eigenvalue weighted by atomic mass is 10.1. The number of rotatable bonds is 10. The predicted molar refractivity (Wildman–Crippen MR) is 114 cm³/mol. The van der Waals surface area contributed by atoms with Crippen molar-refractivity contribution in [2.45, 2.75) is 38.4 Å². The second-order valence-electron chi connectivity index (χ2n) is 7.08. The van der Waals surface area contributed by atoms with Crippen molar-refractivity contribution in [2.75, 3.05) is 20.6 Å². The average molecular weight is 421 g/mol. The lowest BCUT2D eigenvalue weighted by Crippen LogP contribution is -2.50. The Morgan fingerprint density at radius 3 is 2.45 bits per heavy atom. The van der Waals surface area contributed by atoms with Crippen LogP contribution >= 0.6 is 11.3 Å². The lowest BCUT2D eigenvalue weighted by molar-refractivity contribution is -0.123. The molecule has 0 fully saturated rings. The minimum absolute atomic E-state index is 0.0692. The van der Waals surface area contributed by atoms with E-state index in [4.69, 9.17) is 0 Å². The van der Waals surface area contributed by atoms with Crippen LogP contribution in [-0.2, 0) is 11.3 Å². The molecule has 8 heteroatoms. The third-order valence-electron chi connectivity index (χ3n) is 4.59. The van der Waals surface area contributed by atoms with Crippen molar-refractivity contribution in [3.05, 3.63) is 58.0 Å². The summed E-state index contributed by atoms with van der Waals surface area (Å²) in [6.45, 7) is 2.68. The number of urea groups is 1. The summed E-state index contributed by atoms with van der Waals surface area (Å²) in [5.74, 6) is -0.526. The molecule has 0 saturated carbocycles. The molecule has 3 amide bonds. The van der Waals surface area contributed by atoms with Gasteiger partial charge in [0.25, 0.3) is 0 Å². The maximum atomic E-state index is 13.0. The predicted octanol–water partition coefficient (Wildman–Crippen LogP) is 3.27. The molecular weight excluding hydrogens is 391 g/mol. The van der Waals surface area contributed by atoms with Crippen molar-refractivity contribution < 1.29 is 14.0 Å². The molecule has 6 nitrogen and oxygen atoms in total. The fraction of sp³-hybridized carbons (Fsp3) is 0.429. The zero-order chi connectivity index (χ0) is 21.2. The number of hydrogen-bond donors (Lipinski definition) is 3. The summed E-state index contributed by atoms with van der Waals surface area (Å²) < 4.78 is 13.0. The number of carbonyl (C=O) groups is 2. The van der Waals surface area contributed by atoms with Crippen LogP contribution in [-0.4, -0.2) is 43.5 Å². The van der Waals surface area contributed by atoms with Crippen LogP contribution in [0, 0.1) is 5.82 Å². The first kappa shape index (κ1) is 22.8. The minimum atomic E-state index is -0.612. The number of amides is 3. The molecule has 0 saturated heterocycles. The van der Waals surface area contributed by atoms with Gasteiger partial charge >= 0.3 is 6.03 Å². The summed E-state index contributed by atoms with van der Waals surface area (Å²) in [5.41, 5.74) is 1.93. The quantitative estimate of drug-likeness (QED) is 0.552. The Morgan fingerprint density at radius 2 is 1.86 bits per heavy atom. The molecule has 0 aliphatic heterocycles. The van der Waals surface area contributed by atoms with Gasteiger partial charge in [-0.2, -0.15) is 11.3 Å². The molecule has 0 spiro atoms. The molecule has 2 atom stereocenters. The van der Waals surface area contributed by atoms with Crippen molar-refractivity contribution in [3.8, 4) is 0 Å². The summed E-state index contributed by atoms with van der Waals surface area (Å²) in [5, 5.41) is 12.5. The Hall–Kier alpha value is -2.45. The van der Waals surface area contributed by atoms with Crippen LogP contribution in [0.1, 0.15) is 36.9 Å². The van der Waals surface area contributed by atoms with Crippen molar-refractivity contribution >= 4 is 23.3 Å². The van der Waals surface area contributed by atoms with Crippen LogP contribution < -0.4 is 16.0 Å². The smallest absolute Gasteiger partial charge is 0.315 e. The molecule has 2 rings (SSSR count). The number of nitrogens with one attached hydrogen (secondary N) is 3. The van der Waals surface area contributed by atoms with Crippen molar-refractivity contribution in [2.24, 2.45) is 0 Å². The van der Waals surface area contributed by atoms with Gasteiger partial charge in [0.05, 0.1) is 6.04 Å². The van der Waals surface area contributed by atoms with E-state index in [1.54, 1.807) is 23.5 Å². The van der Waals surface area contributed by atoms with Gasteiger partial charge in [0.1, 0.15) is 11.9 Å². The van der Waals surface area contributed by atoms with Crippen LogP contribution in [0.3, 0.4) is 0 Å². The van der Waals surface area contributed by atoms with Gasteiger partial charge in [-0.25, -0.2) is 9.18 Å². The number of thiophene rings is 1. The molecular formula is C21H29FN4O2S. The van der Waals surface area contributed by atoms with Crippen LogP contribution in [0.25, 0.3) is 0 Å². The monoisotopic (exact) mass is 420 g/mol. The number of halogens is 1. The Labute approximate surface area is 175 Å². The molecule has 1 heterocycles. The zero-order valence-electron chi connectivity index (χ0n) is 17.1. The highest BCUT2D eigenvalue weighted by Crippen LogP contribution is 2.20. The van der Waals surface area contributed by atoms with E-state index < -0.39 is 12.1 Å². The molecule has 1 aromatic carbocycles. The van der Waals surface area contributed by atoms with Gasteiger partial charge in [0, 0.05) is 13.1 Å². The maximum absolute atomic E-state index is 13.0. The largest absolute Gasteiger partial charge is 0.352 e. The number of benzene rings is 1. The minimum Gasteiger partial charge on any atom is -0.352 e. The molecule has 158 valence electrons. The van der Waals surface area contributed by atoms with E-state index in [9.17, 15) is 14.0 Å². The van der Waals surface area contributed by atoms with E-state index in [0.717, 1.165) is 17.5 Å². The molecule has 2 aromatic rings. The molecule has 2 unspecified atom stereocenters. The van der Waals surface area contributed by atoms with Crippen molar-refractivity contribution in [1.29, 1.82) is 0 Å². The highest BCUT2D eigenvalue weighted by Gasteiger charge is 2.22. The van der Waals surface area contributed by atoms with Crippen LogP contribution in [0.4, 0.5) is 9.18 Å². The standard InChI is InChI=1S/C21H29FN4O2S/c1-4-5-18(25-21(28)24-12-15-6-8-17(22)9-7-15)20(27)23-13-19(26(2)3)16-10-11-29-14-16/h6-11,14,18-19H,4-5,12-13H2,1-3H3,(H,23,27)(H2,24,25,28). The number of hydrogen-bond acceptors (Lipinski definition) is 4. The molecule has 0 aliphatic carbocycles. The maximum Gasteiger partial charge on any atom is 0.315 e. The molecule has 0 aliphatic rings. The Morgan fingerprint density at radius 1 is 1.14 bits per heavy atom. The Bertz CT molecular complexity index is 765. The van der Waals surface area contributed by atoms with Gasteiger partial charge in [0.15, 0.2) is 0 Å². The zero-order valence-corrected chi connectivity index (χ0v) is 17.9. The molecule has 29 heavy (non-hydrogen) atoms. The van der Waals surface area contributed by atoms with Crippen LogP contribution in [0.5, 0.6) is 0 Å². The van der Waals surface area contributed by atoms with Crippen LogP contribution in [0.15, 0.2) is 41.1 Å². The van der Waals surface area contributed by atoms with Gasteiger partial charge in [-0.1, -0.05) is 25.5 Å². The van der Waals surface area contributed by atoms with E-state index in [0.29, 0.717) is 13.0 Å². The van der Waals surface area contributed by atoms with Gasteiger partial charge in [0.2, 0.25) is 5.91 Å². The second kappa shape index (κ2) is 11.5. The summed E-state index contributed by atoms with van der Waals surface area (Å²) in [7, 11) is 3.94. The fourth-order valence-corrected chi connectivity index (χ4v) is 3.64. The fourth-order valence-electron chi connectivity index (χ4n) is 2.93. The van der Waals surface area contributed by atoms with Crippen molar-refractivity contribution in [3.63, 3.8) is 0 Å². The topological polar surface area (TPSA) is 73.5 Å². The number of likely N-dealkylation sites (N-methyl/N-ethyl adjacent to an activating group) is 1. The number of carbonyl (C=O) groups excluding carboxylic acids is 2. The van der Waals surface area contributed by atoms with Gasteiger partial charge in [-0.3, -0.25) is 4.79 Å². The van der Waals surface area contributed by atoms with E-state index in [-0.39, 0.29) is 24.3 Å². The SMILES string of the molecule is CCCC(NC(=O)NCc1ccc(F)cc1)C(=O)NCC(c1ccsc1)N(C)C. The molecule has 1 aromatic heterocycles. The van der Waals surface area contributed by atoms with E-state index in [2.05, 4.69) is 26.2 Å². The Balaban J connectivity index is 1.87. The normalized spacial score (nSPS) is 13.0. The second-order valence-corrected chi connectivity index (χ2v) is 7.86. The van der Waals surface area contributed by atoms with Crippen LogP contribution in [0.2, 0.25) is 0 Å². The van der Waals surface area contributed by atoms with Gasteiger partial charge in [-0.05, 0) is 60.6 Å². The van der Waals surface area contributed by atoms with E-state index in [1.165, 1.54) is 12.1 Å². The first-order valence-corrected chi connectivity index (χ1v) is 10.6. The summed E-state index contributed by atoms with van der Waals surface area (Å²) in [6, 6.07) is 6.98. The van der Waals surface area contributed by atoms with Crippen molar-refractivity contribution in [1.82, 2.24) is 20.9 Å². The Kier molecular flexibility index (Phi) is 9.08. The summed E-state index contributed by atoms with van der Waals surface area (Å²) in [4.78, 5) is 26.9. The lowest BCUT2D eigenvalue weighted by Gasteiger charge is -2.25. The van der Waals surface area contributed by atoms with E-state index in [1.807, 2.05) is 32.5 Å². The highest BCUT2D eigenvalue weighted by molar-refractivity contribution is 7.07.